The zero-order valence-corrected chi connectivity index (χ0v) is 12.4. The predicted molar refractivity (Wildman–Crippen MR) is 83.4 cm³/mol. The number of benzene rings is 2. The quantitative estimate of drug-likeness (QED) is 0.766. The lowest BCUT2D eigenvalue weighted by atomic mass is 10.1. The molecule has 1 aromatic heterocycles. The second-order valence-electron chi connectivity index (χ2n) is 4.88. The fourth-order valence-corrected chi connectivity index (χ4v) is 3.27. The van der Waals surface area contributed by atoms with Crippen molar-refractivity contribution in [2.75, 3.05) is 5.32 Å². The smallest absolute Gasteiger partial charge is 0.260 e. The Morgan fingerprint density at radius 1 is 1.24 bits per heavy atom. The molecule has 1 amide bonds. The van der Waals surface area contributed by atoms with E-state index in [1.807, 2.05) is 26.0 Å². The monoisotopic (exact) mass is 300 g/mol. The molecule has 0 saturated carbocycles. The first kappa shape index (κ1) is 13.7. The van der Waals surface area contributed by atoms with Crippen LogP contribution in [0, 0.1) is 19.7 Å². The highest BCUT2D eigenvalue weighted by atomic mass is 32.1. The normalized spacial score (nSPS) is 10.8. The predicted octanol–water partition coefficient (Wildman–Crippen LogP) is 4.30. The van der Waals surface area contributed by atoms with Crippen LogP contribution in [0.4, 0.5) is 9.52 Å². The minimum Gasteiger partial charge on any atom is -0.298 e. The number of aromatic nitrogens is 1. The van der Waals surface area contributed by atoms with Crippen LogP contribution in [-0.2, 0) is 0 Å². The highest BCUT2D eigenvalue weighted by molar-refractivity contribution is 7.22. The van der Waals surface area contributed by atoms with Gasteiger partial charge in [0, 0.05) is 0 Å². The first-order valence-corrected chi connectivity index (χ1v) is 7.30. The van der Waals surface area contributed by atoms with Gasteiger partial charge in [0.15, 0.2) is 5.13 Å². The van der Waals surface area contributed by atoms with E-state index >= 15 is 0 Å². The number of nitrogens with zero attached hydrogens (tertiary/aromatic N) is 1. The van der Waals surface area contributed by atoms with Crippen molar-refractivity contribution >= 4 is 32.6 Å². The van der Waals surface area contributed by atoms with Gasteiger partial charge in [0.25, 0.3) is 5.91 Å². The summed E-state index contributed by atoms with van der Waals surface area (Å²) in [6.07, 6.45) is 0. The average molecular weight is 300 g/mol. The maximum Gasteiger partial charge on any atom is 0.260 e. The molecule has 0 aliphatic rings. The van der Waals surface area contributed by atoms with E-state index in [9.17, 15) is 9.18 Å². The van der Waals surface area contributed by atoms with Crippen LogP contribution in [0.3, 0.4) is 0 Å². The molecule has 0 aliphatic carbocycles. The number of nitrogens with one attached hydrogen (secondary N) is 1. The Kier molecular flexibility index (Phi) is 3.43. The fourth-order valence-electron chi connectivity index (χ4n) is 2.23. The Balaban J connectivity index is 1.94. The van der Waals surface area contributed by atoms with Crippen LogP contribution in [-0.4, -0.2) is 10.9 Å². The van der Waals surface area contributed by atoms with Gasteiger partial charge in [0.05, 0.1) is 15.8 Å². The van der Waals surface area contributed by atoms with Crippen LogP contribution in [0.1, 0.15) is 21.5 Å². The van der Waals surface area contributed by atoms with Crippen molar-refractivity contribution in [2.45, 2.75) is 13.8 Å². The van der Waals surface area contributed by atoms with Gasteiger partial charge in [-0.3, -0.25) is 10.1 Å². The molecule has 2 aromatic carbocycles. The Bertz CT molecular complexity index is 841. The lowest BCUT2D eigenvalue weighted by Crippen LogP contribution is -2.13. The van der Waals surface area contributed by atoms with Crippen molar-refractivity contribution in [3.05, 3.63) is 58.9 Å². The van der Waals surface area contributed by atoms with Crippen molar-refractivity contribution in [3.8, 4) is 0 Å². The van der Waals surface area contributed by atoms with Gasteiger partial charge in [-0.1, -0.05) is 29.5 Å². The molecule has 0 bridgehead atoms. The summed E-state index contributed by atoms with van der Waals surface area (Å²) < 4.78 is 14.6. The van der Waals surface area contributed by atoms with Crippen LogP contribution < -0.4 is 5.32 Å². The molecule has 0 aliphatic heterocycles. The van der Waals surface area contributed by atoms with Gasteiger partial charge in [-0.15, -0.1) is 0 Å². The van der Waals surface area contributed by atoms with E-state index in [1.165, 1.54) is 23.5 Å². The number of hydrogen-bond donors (Lipinski definition) is 1. The van der Waals surface area contributed by atoms with Gasteiger partial charge in [-0.05, 0) is 43.2 Å². The average Bonchev–Trinajstić information content (AvgIpc) is 2.81. The molecule has 0 unspecified atom stereocenters. The zero-order valence-electron chi connectivity index (χ0n) is 11.6. The molecule has 3 rings (SSSR count). The van der Waals surface area contributed by atoms with Crippen molar-refractivity contribution in [1.29, 1.82) is 0 Å². The lowest BCUT2D eigenvalue weighted by Gasteiger charge is -2.02. The topological polar surface area (TPSA) is 42.0 Å². The number of halogens is 1. The van der Waals surface area contributed by atoms with Gasteiger partial charge in [-0.25, -0.2) is 9.37 Å². The number of amides is 1. The van der Waals surface area contributed by atoms with Crippen molar-refractivity contribution in [1.82, 2.24) is 4.98 Å². The summed E-state index contributed by atoms with van der Waals surface area (Å²) in [4.78, 5) is 16.5. The molecule has 3 aromatic rings. The molecule has 0 atom stereocenters. The third-order valence-electron chi connectivity index (χ3n) is 3.17. The number of fused-ring (bicyclic) bond motifs is 1. The molecule has 0 radical (unpaired) electrons. The van der Waals surface area contributed by atoms with Gasteiger partial charge in [0.1, 0.15) is 5.82 Å². The Morgan fingerprint density at radius 2 is 2.00 bits per heavy atom. The van der Waals surface area contributed by atoms with E-state index in [0.717, 1.165) is 21.3 Å². The van der Waals surface area contributed by atoms with E-state index in [4.69, 9.17) is 0 Å². The van der Waals surface area contributed by atoms with E-state index in [1.54, 1.807) is 12.1 Å². The van der Waals surface area contributed by atoms with Crippen molar-refractivity contribution in [3.63, 3.8) is 0 Å². The lowest BCUT2D eigenvalue weighted by molar-refractivity contribution is 0.102. The Morgan fingerprint density at radius 3 is 2.76 bits per heavy atom. The van der Waals surface area contributed by atoms with Crippen LogP contribution in [0.15, 0.2) is 36.4 Å². The highest BCUT2D eigenvalue weighted by Crippen LogP contribution is 2.29. The number of anilines is 1. The summed E-state index contributed by atoms with van der Waals surface area (Å²) in [5.74, 6) is -1.02. The number of carbonyl (C=O) groups excluding carboxylic acids is 1. The first-order chi connectivity index (χ1) is 10.0. The largest absolute Gasteiger partial charge is 0.298 e. The molecule has 0 spiro atoms. The number of hydrogen-bond acceptors (Lipinski definition) is 3. The highest BCUT2D eigenvalue weighted by Gasteiger charge is 2.14. The van der Waals surface area contributed by atoms with Gasteiger partial charge >= 0.3 is 0 Å². The van der Waals surface area contributed by atoms with Crippen LogP contribution in [0.5, 0.6) is 0 Å². The second kappa shape index (κ2) is 5.26. The van der Waals surface area contributed by atoms with Crippen LogP contribution in [0.2, 0.25) is 0 Å². The van der Waals surface area contributed by atoms with Gasteiger partial charge in [0.2, 0.25) is 0 Å². The standard InChI is InChI=1S/C16H13FN2OS/c1-9-7-10(2)14-13(8-9)21-16(18-14)19-15(20)11-5-3-4-6-12(11)17/h3-8H,1-2H3,(H,18,19,20). The van der Waals surface area contributed by atoms with Crippen molar-refractivity contribution in [2.24, 2.45) is 0 Å². The molecule has 21 heavy (non-hydrogen) atoms. The summed E-state index contributed by atoms with van der Waals surface area (Å²) in [7, 11) is 0. The van der Waals surface area contributed by atoms with Crippen LogP contribution in [0.25, 0.3) is 10.2 Å². The van der Waals surface area contributed by atoms with Gasteiger partial charge < -0.3 is 0 Å². The molecule has 1 N–H and O–H groups in total. The number of rotatable bonds is 2. The molecule has 5 heteroatoms. The molecule has 3 nitrogen and oxygen atoms in total. The first-order valence-electron chi connectivity index (χ1n) is 6.48. The summed E-state index contributed by atoms with van der Waals surface area (Å²) >= 11 is 1.39. The number of aryl methyl sites for hydroxylation is 2. The molecular weight excluding hydrogens is 287 g/mol. The Labute approximate surface area is 125 Å². The molecule has 1 heterocycles. The molecule has 0 fully saturated rings. The molecule has 0 saturated heterocycles. The van der Waals surface area contributed by atoms with E-state index in [-0.39, 0.29) is 5.56 Å². The van der Waals surface area contributed by atoms with Crippen molar-refractivity contribution < 1.29 is 9.18 Å². The fraction of sp³-hybridized carbons (Fsp3) is 0.125. The number of thiazole rings is 1. The summed E-state index contributed by atoms with van der Waals surface area (Å²) in [5, 5.41) is 3.14. The summed E-state index contributed by atoms with van der Waals surface area (Å²) in [6.45, 7) is 4.00. The second-order valence-corrected chi connectivity index (χ2v) is 5.91. The SMILES string of the molecule is Cc1cc(C)c2nc(NC(=O)c3ccccc3F)sc2c1. The zero-order chi connectivity index (χ0) is 15.0. The van der Waals surface area contributed by atoms with Crippen LogP contribution >= 0.6 is 11.3 Å². The third kappa shape index (κ3) is 2.64. The Hall–Kier alpha value is -2.27. The molecular formula is C16H13FN2OS. The minimum absolute atomic E-state index is 0.0182. The summed E-state index contributed by atoms with van der Waals surface area (Å²) in [5.41, 5.74) is 3.10. The van der Waals surface area contributed by atoms with E-state index in [0.29, 0.717) is 5.13 Å². The van der Waals surface area contributed by atoms with Gasteiger partial charge in [-0.2, -0.15) is 0 Å². The maximum atomic E-state index is 13.6. The number of carbonyl (C=O) groups is 1. The molecule has 106 valence electrons. The third-order valence-corrected chi connectivity index (χ3v) is 4.09. The maximum absolute atomic E-state index is 13.6. The summed E-state index contributed by atoms with van der Waals surface area (Å²) in [6, 6.07) is 9.97. The van der Waals surface area contributed by atoms with E-state index in [2.05, 4.69) is 10.3 Å². The minimum atomic E-state index is -0.539. The van der Waals surface area contributed by atoms with E-state index < -0.39 is 11.7 Å².